The number of H-pyrrole nitrogens is 1. The Balaban J connectivity index is 1.71. The minimum Gasteiger partial charge on any atom is -0.459 e. The lowest BCUT2D eigenvalue weighted by molar-refractivity contribution is 0.366. The van der Waals surface area contributed by atoms with Gasteiger partial charge in [0.2, 0.25) is 5.95 Å². The van der Waals surface area contributed by atoms with E-state index in [-0.39, 0.29) is 17.1 Å². The number of aromatic nitrogens is 4. The Kier molecular flexibility index (Phi) is 3.61. The molecule has 134 valence electrons. The van der Waals surface area contributed by atoms with Crippen LogP contribution < -0.4 is 10.9 Å². The number of benzene rings is 1. The van der Waals surface area contributed by atoms with Gasteiger partial charge in [-0.05, 0) is 39.8 Å². The molecule has 3 aromatic heterocycles. The Bertz CT molecular complexity index is 1110. The number of anilines is 1. The van der Waals surface area contributed by atoms with Crippen LogP contribution in [0.2, 0.25) is 0 Å². The molecule has 0 amide bonds. The SMILES string of the molecule is CC(Nc1nc2c(cnn2C(C)(C)C)c(=O)[nH]1)c1cc2ccccc2o1. The lowest BCUT2D eigenvalue weighted by atomic mass is 10.1. The highest BCUT2D eigenvalue weighted by molar-refractivity contribution is 5.78. The van der Waals surface area contributed by atoms with E-state index in [9.17, 15) is 4.79 Å². The molecule has 0 radical (unpaired) electrons. The van der Waals surface area contributed by atoms with Crippen LogP contribution in [0.1, 0.15) is 39.5 Å². The molecule has 3 heterocycles. The molecule has 0 aliphatic rings. The molecule has 7 heteroatoms. The second-order valence-corrected chi connectivity index (χ2v) is 7.43. The zero-order valence-electron chi connectivity index (χ0n) is 15.2. The lowest BCUT2D eigenvalue weighted by Gasteiger charge is -2.20. The number of nitrogens with zero attached hydrogens (tertiary/aromatic N) is 3. The van der Waals surface area contributed by atoms with Gasteiger partial charge in [-0.1, -0.05) is 18.2 Å². The van der Waals surface area contributed by atoms with Crippen LogP contribution in [-0.4, -0.2) is 19.7 Å². The van der Waals surface area contributed by atoms with Crippen molar-refractivity contribution >= 4 is 28.0 Å². The summed E-state index contributed by atoms with van der Waals surface area (Å²) in [4.78, 5) is 19.7. The maximum absolute atomic E-state index is 12.4. The van der Waals surface area contributed by atoms with Crippen LogP contribution in [0.4, 0.5) is 5.95 Å². The first-order chi connectivity index (χ1) is 12.3. The van der Waals surface area contributed by atoms with Gasteiger partial charge >= 0.3 is 0 Å². The molecule has 26 heavy (non-hydrogen) atoms. The van der Waals surface area contributed by atoms with Crippen LogP contribution in [-0.2, 0) is 5.54 Å². The Morgan fingerprint density at radius 3 is 2.77 bits per heavy atom. The summed E-state index contributed by atoms with van der Waals surface area (Å²) in [5.74, 6) is 1.17. The first-order valence-electron chi connectivity index (χ1n) is 8.56. The van der Waals surface area contributed by atoms with Gasteiger partial charge in [-0.25, -0.2) is 4.68 Å². The summed E-state index contributed by atoms with van der Waals surface area (Å²) < 4.78 is 7.64. The molecule has 4 rings (SSSR count). The summed E-state index contributed by atoms with van der Waals surface area (Å²) in [6.45, 7) is 8.02. The van der Waals surface area contributed by atoms with E-state index in [1.807, 2.05) is 58.0 Å². The topological polar surface area (TPSA) is 88.7 Å². The normalized spacial score (nSPS) is 13.4. The van der Waals surface area contributed by atoms with Gasteiger partial charge in [0.25, 0.3) is 5.56 Å². The summed E-state index contributed by atoms with van der Waals surface area (Å²) in [6, 6.07) is 9.68. The van der Waals surface area contributed by atoms with E-state index >= 15 is 0 Å². The Hall–Kier alpha value is -3.09. The van der Waals surface area contributed by atoms with Gasteiger partial charge in [0, 0.05) is 5.39 Å². The minimum absolute atomic E-state index is 0.158. The number of fused-ring (bicyclic) bond motifs is 2. The van der Waals surface area contributed by atoms with Crippen molar-refractivity contribution in [2.45, 2.75) is 39.3 Å². The van der Waals surface area contributed by atoms with Gasteiger partial charge in [-0.2, -0.15) is 10.1 Å². The Morgan fingerprint density at radius 1 is 1.27 bits per heavy atom. The van der Waals surface area contributed by atoms with E-state index in [4.69, 9.17) is 4.42 Å². The number of aromatic amines is 1. The quantitative estimate of drug-likeness (QED) is 0.586. The molecule has 0 saturated heterocycles. The molecule has 0 bridgehead atoms. The van der Waals surface area contributed by atoms with Crippen molar-refractivity contribution in [3.05, 3.63) is 52.6 Å². The van der Waals surface area contributed by atoms with Crippen LogP contribution in [0.15, 0.2) is 45.7 Å². The number of hydrogen-bond donors (Lipinski definition) is 2. The molecule has 0 aliphatic carbocycles. The van der Waals surface area contributed by atoms with Gasteiger partial charge in [-0.3, -0.25) is 9.78 Å². The van der Waals surface area contributed by atoms with E-state index in [0.717, 1.165) is 16.7 Å². The van der Waals surface area contributed by atoms with Crippen LogP contribution >= 0.6 is 0 Å². The standard InChI is InChI=1S/C19H21N5O2/c1-11(15-9-12-7-5-6-8-14(12)26-15)21-18-22-16-13(17(25)23-18)10-20-24(16)19(2,3)4/h5-11H,1-4H3,(H2,21,22,23,25). The number of rotatable bonds is 3. The predicted octanol–water partition coefficient (Wildman–Crippen LogP) is 3.79. The van der Waals surface area contributed by atoms with Crippen LogP contribution in [0.3, 0.4) is 0 Å². The van der Waals surface area contributed by atoms with Crippen LogP contribution in [0.25, 0.3) is 22.0 Å². The second-order valence-electron chi connectivity index (χ2n) is 7.43. The average Bonchev–Trinajstić information content (AvgIpc) is 3.18. The van der Waals surface area contributed by atoms with Crippen molar-refractivity contribution in [1.29, 1.82) is 0 Å². The van der Waals surface area contributed by atoms with Gasteiger partial charge < -0.3 is 9.73 Å². The van der Waals surface area contributed by atoms with E-state index in [2.05, 4.69) is 20.4 Å². The molecule has 1 unspecified atom stereocenters. The summed E-state index contributed by atoms with van der Waals surface area (Å²) in [5.41, 5.74) is 0.897. The van der Waals surface area contributed by atoms with Crippen molar-refractivity contribution in [2.24, 2.45) is 0 Å². The lowest BCUT2D eigenvalue weighted by Crippen LogP contribution is -2.24. The van der Waals surface area contributed by atoms with Gasteiger partial charge in [0.15, 0.2) is 5.65 Å². The van der Waals surface area contributed by atoms with E-state index in [0.29, 0.717) is 17.0 Å². The summed E-state index contributed by atoms with van der Waals surface area (Å²) in [6.07, 6.45) is 1.55. The minimum atomic E-state index is -0.274. The Morgan fingerprint density at radius 2 is 2.04 bits per heavy atom. The molecular weight excluding hydrogens is 330 g/mol. The summed E-state index contributed by atoms with van der Waals surface area (Å²) in [7, 11) is 0. The fourth-order valence-corrected chi connectivity index (χ4v) is 2.97. The van der Waals surface area contributed by atoms with Crippen molar-refractivity contribution in [3.63, 3.8) is 0 Å². The van der Waals surface area contributed by atoms with Gasteiger partial charge in [0.05, 0.1) is 17.8 Å². The zero-order valence-corrected chi connectivity index (χ0v) is 15.2. The highest BCUT2D eigenvalue weighted by Gasteiger charge is 2.20. The molecule has 0 saturated carbocycles. The summed E-state index contributed by atoms with van der Waals surface area (Å²) >= 11 is 0. The third-order valence-corrected chi connectivity index (χ3v) is 4.30. The Labute approximate surface area is 150 Å². The molecule has 0 fully saturated rings. The molecule has 7 nitrogen and oxygen atoms in total. The maximum atomic E-state index is 12.4. The molecule has 1 aromatic carbocycles. The number of furan rings is 1. The fourth-order valence-electron chi connectivity index (χ4n) is 2.97. The number of para-hydroxylation sites is 1. The van der Waals surface area contributed by atoms with Crippen LogP contribution in [0, 0.1) is 0 Å². The smallest absolute Gasteiger partial charge is 0.263 e. The van der Waals surface area contributed by atoms with Crippen LogP contribution in [0.5, 0.6) is 0 Å². The molecule has 4 aromatic rings. The first kappa shape index (κ1) is 16.4. The monoisotopic (exact) mass is 351 g/mol. The maximum Gasteiger partial charge on any atom is 0.263 e. The van der Waals surface area contributed by atoms with E-state index in [1.165, 1.54) is 0 Å². The summed E-state index contributed by atoms with van der Waals surface area (Å²) in [5, 5.41) is 9.06. The third-order valence-electron chi connectivity index (χ3n) is 4.30. The van der Waals surface area contributed by atoms with Crippen molar-refractivity contribution in [3.8, 4) is 0 Å². The zero-order chi connectivity index (χ0) is 18.5. The molecular formula is C19H21N5O2. The van der Waals surface area contributed by atoms with Crippen molar-refractivity contribution in [1.82, 2.24) is 19.7 Å². The second kappa shape index (κ2) is 5.72. The highest BCUT2D eigenvalue weighted by atomic mass is 16.3. The highest BCUT2D eigenvalue weighted by Crippen LogP contribution is 2.26. The van der Waals surface area contributed by atoms with Gasteiger partial charge in [0.1, 0.15) is 16.7 Å². The van der Waals surface area contributed by atoms with Gasteiger partial charge in [-0.15, -0.1) is 0 Å². The largest absolute Gasteiger partial charge is 0.459 e. The average molecular weight is 351 g/mol. The fraction of sp³-hybridized carbons (Fsp3) is 0.316. The van der Waals surface area contributed by atoms with E-state index in [1.54, 1.807) is 10.9 Å². The van der Waals surface area contributed by atoms with Crippen molar-refractivity contribution in [2.75, 3.05) is 5.32 Å². The molecule has 2 N–H and O–H groups in total. The third kappa shape index (κ3) is 2.75. The molecule has 1 atom stereocenters. The molecule has 0 aliphatic heterocycles. The molecule has 0 spiro atoms. The number of nitrogens with one attached hydrogen (secondary N) is 2. The first-order valence-corrected chi connectivity index (χ1v) is 8.56. The number of hydrogen-bond acceptors (Lipinski definition) is 5. The predicted molar refractivity (Wildman–Crippen MR) is 101 cm³/mol. The van der Waals surface area contributed by atoms with E-state index < -0.39 is 0 Å². The van der Waals surface area contributed by atoms with Crippen molar-refractivity contribution < 1.29 is 4.42 Å².